The summed E-state index contributed by atoms with van der Waals surface area (Å²) in [6, 6.07) is -0.885. The molecule has 0 radical (unpaired) electrons. The molecule has 3 atom stereocenters. The number of phosphoric acid groups is 1. The van der Waals surface area contributed by atoms with Gasteiger partial charge in [0.05, 0.1) is 39.9 Å². The number of likely N-dealkylation sites (N-methyl/N-ethyl adjacent to an activating group) is 1. The molecular formula is C69H137N2O6P. The van der Waals surface area contributed by atoms with Gasteiger partial charge in [-0.2, -0.15) is 0 Å². The van der Waals surface area contributed by atoms with Crippen LogP contribution in [-0.2, 0) is 18.4 Å². The van der Waals surface area contributed by atoms with E-state index in [-0.39, 0.29) is 19.1 Å². The Kier molecular flexibility index (Phi) is 59.8. The van der Waals surface area contributed by atoms with Gasteiger partial charge in [-0.25, -0.2) is 0 Å². The molecule has 464 valence electrons. The van der Waals surface area contributed by atoms with Crippen molar-refractivity contribution in [3.8, 4) is 0 Å². The molecule has 0 fully saturated rings. The molecule has 0 aliphatic heterocycles. The van der Waals surface area contributed by atoms with Gasteiger partial charge < -0.3 is 28.8 Å². The van der Waals surface area contributed by atoms with Crippen LogP contribution in [0.5, 0.6) is 0 Å². The van der Waals surface area contributed by atoms with Crippen LogP contribution >= 0.6 is 7.82 Å². The second-order valence-electron chi connectivity index (χ2n) is 25.2. The molecule has 0 rings (SSSR count). The van der Waals surface area contributed by atoms with E-state index in [1.165, 1.54) is 302 Å². The molecule has 8 nitrogen and oxygen atoms in total. The Morgan fingerprint density at radius 1 is 0.436 bits per heavy atom. The number of phosphoric ester groups is 1. The normalized spacial score (nSPS) is 13.8. The Labute approximate surface area is 487 Å². The van der Waals surface area contributed by atoms with Crippen LogP contribution in [0.15, 0.2) is 24.3 Å². The zero-order valence-electron chi connectivity index (χ0n) is 53.2. The van der Waals surface area contributed by atoms with Crippen LogP contribution in [0.4, 0.5) is 0 Å². The fourth-order valence-corrected chi connectivity index (χ4v) is 11.5. The molecule has 0 heterocycles. The van der Waals surface area contributed by atoms with Crippen molar-refractivity contribution in [2.75, 3.05) is 40.9 Å². The lowest BCUT2D eigenvalue weighted by molar-refractivity contribution is -0.870. The van der Waals surface area contributed by atoms with E-state index in [1.54, 1.807) is 6.08 Å². The number of hydrogen-bond donors (Lipinski definition) is 2. The SMILES string of the molecule is CCCCCCCCCCCCCC/C=C\CCCCCCCCCCCCCCCCCCC(=O)NC(COP(=O)([O-])OCC[N+](C)(C)C)C(O)/C=C/CCCCCCCCCCCCCCCCCCCCCCCC. The lowest BCUT2D eigenvalue weighted by Crippen LogP contribution is -2.45. The molecule has 9 heteroatoms. The van der Waals surface area contributed by atoms with Crippen LogP contribution in [0.3, 0.4) is 0 Å². The summed E-state index contributed by atoms with van der Waals surface area (Å²) in [5.41, 5.74) is 0. The second kappa shape index (κ2) is 60.6. The number of aliphatic hydroxyl groups excluding tert-OH is 1. The Morgan fingerprint density at radius 2 is 0.705 bits per heavy atom. The maximum atomic E-state index is 13.0. The van der Waals surface area contributed by atoms with Crippen molar-refractivity contribution in [2.45, 2.75) is 373 Å². The van der Waals surface area contributed by atoms with Gasteiger partial charge in [0, 0.05) is 6.42 Å². The zero-order chi connectivity index (χ0) is 57.0. The minimum atomic E-state index is -4.60. The number of nitrogens with one attached hydrogen (secondary N) is 1. The first-order valence-corrected chi connectivity index (χ1v) is 36.2. The van der Waals surface area contributed by atoms with Crippen molar-refractivity contribution < 1.29 is 32.9 Å². The van der Waals surface area contributed by atoms with Crippen molar-refractivity contribution >= 4 is 13.7 Å². The Balaban J connectivity index is 4.03. The third kappa shape index (κ3) is 62.6. The third-order valence-electron chi connectivity index (χ3n) is 16.2. The van der Waals surface area contributed by atoms with Gasteiger partial charge in [-0.05, 0) is 44.9 Å². The van der Waals surface area contributed by atoms with Gasteiger partial charge >= 0.3 is 0 Å². The highest BCUT2D eigenvalue weighted by molar-refractivity contribution is 7.45. The van der Waals surface area contributed by atoms with Crippen LogP contribution in [0.25, 0.3) is 0 Å². The number of carbonyl (C=O) groups is 1. The van der Waals surface area contributed by atoms with E-state index in [4.69, 9.17) is 9.05 Å². The molecule has 0 aliphatic rings. The van der Waals surface area contributed by atoms with Gasteiger partial charge in [0.1, 0.15) is 13.2 Å². The van der Waals surface area contributed by atoms with Crippen molar-refractivity contribution in [3.05, 3.63) is 24.3 Å². The number of quaternary nitrogens is 1. The van der Waals surface area contributed by atoms with Crippen LogP contribution < -0.4 is 10.2 Å². The molecule has 0 aromatic heterocycles. The predicted molar refractivity (Wildman–Crippen MR) is 339 cm³/mol. The van der Waals surface area contributed by atoms with E-state index >= 15 is 0 Å². The summed E-state index contributed by atoms with van der Waals surface area (Å²) < 4.78 is 23.5. The molecule has 1 amide bonds. The van der Waals surface area contributed by atoms with Crippen LogP contribution in [-0.4, -0.2) is 68.5 Å². The fourth-order valence-electron chi connectivity index (χ4n) is 10.7. The van der Waals surface area contributed by atoms with Crippen LogP contribution in [0.1, 0.15) is 361 Å². The number of rotatable bonds is 65. The number of aliphatic hydroxyl groups is 1. The van der Waals surface area contributed by atoms with Gasteiger partial charge in [-0.3, -0.25) is 9.36 Å². The van der Waals surface area contributed by atoms with Crippen LogP contribution in [0.2, 0.25) is 0 Å². The average molecular weight is 1120 g/mol. The minimum absolute atomic E-state index is 0.00166. The topological polar surface area (TPSA) is 108 Å². The highest BCUT2D eigenvalue weighted by atomic mass is 31.2. The first kappa shape index (κ1) is 77.0. The zero-order valence-corrected chi connectivity index (χ0v) is 54.0. The van der Waals surface area contributed by atoms with E-state index in [9.17, 15) is 19.4 Å². The molecule has 3 unspecified atom stereocenters. The van der Waals surface area contributed by atoms with E-state index in [1.807, 2.05) is 27.2 Å². The molecule has 0 saturated carbocycles. The predicted octanol–water partition coefficient (Wildman–Crippen LogP) is 21.3. The van der Waals surface area contributed by atoms with E-state index in [2.05, 4.69) is 31.3 Å². The van der Waals surface area contributed by atoms with E-state index in [0.717, 1.165) is 38.5 Å². The maximum Gasteiger partial charge on any atom is 0.268 e. The molecule has 2 N–H and O–H groups in total. The van der Waals surface area contributed by atoms with Gasteiger partial charge in [0.2, 0.25) is 5.91 Å². The summed E-state index contributed by atoms with van der Waals surface area (Å²) in [4.78, 5) is 25.6. The lowest BCUT2D eigenvalue weighted by atomic mass is 10.0. The number of unbranched alkanes of at least 4 members (excludes halogenated alkanes) is 50. The van der Waals surface area contributed by atoms with E-state index < -0.39 is 20.0 Å². The monoisotopic (exact) mass is 1120 g/mol. The largest absolute Gasteiger partial charge is 0.756 e. The minimum Gasteiger partial charge on any atom is -0.756 e. The molecule has 0 bridgehead atoms. The van der Waals surface area contributed by atoms with Gasteiger partial charge in [-0.15, -0.1) is 0 Å². The number of allylic oxidation sites excluding steroid dienone is 3. The summed E-state index contributed by atoms with van der Waals surface area (Å²) in [5.74, 6) is -0.190. The molecule has 78 heavy (non-hydrogen) atoms. The standard InChI is InChI=1S/C69H137N2O6P/c1-6-8-10-12-14-16-18-20-22-24-26-28-30-32-33-34-35-36-37-38-39-41-43-45-47-49-51-53-55-57-59-61-63-69(73)70-67(66-77-78(74,75)76-65-64-71(3,4)5)68(72)62-60-58-56-54-52-50-48-46-44-42-40-31-29-27-25-23-21-19-17-15-13-11-9-7-2/h32-33,60,62,67-68,72H,6-31,34-59,61,63-66H2,1-5H3,(H-,70,73,74,75)/b33-32-,62-60+. The molecule has 0 saturated heterocycles. The maximum absolute atomic E-state index is 13.0. The highest BCUT2D eigenvalue weighted by Gasteiger charge is 2.23. The first-order chi connectivity index (χ1) is 38.0. The summed E-state index contributed by atoms with van der Waals surface area (Å²) >= 11 is 0. The van der Waals surface area contributed by atoms with Gasteiger partial charge in [-0.1, -0.05) is 334 Å². The number of hydrogen-bond acceptors (Lipinski definition) is 6. The van der Waals surface area contributed by atoms with E-state index in [0.29, 0.717) is 17.4 Å². The average Bonchev–Trinajstić information content (AvgIpc) is 3.41. The molecule has 0 aromatic rings. The molecule has 0 aliphatic carbocycles. The molecule has 0 aromatic carbocycles. The van der Waals surface area contributed by atoms with Crippen molar-refractivity contribution in [3.63, 3.8) is 0 Å². The summed E-state index contributed by atoms with van der Waals surface area (Å²) in [6.45, 7) is 4.71. The quantitative estimate of drug-likeness (QED) is 0.0272. The first-order valence-electron chi connectivity index (χ1n) is 34.7. The number of nitrogens with zero attached hydrogens (tertiary/aromatic N) is 1. The van der Waals surface area contributed by atoms with Crippen LogP contribution in [0, 0.1) is 0 Å². The third-order valence-corrected chi connectivity index (χ3v) is 17.1. The Morgan fingerprint density at radius 3 is 1.00 bits per heavy atom. The second-order valence-corrected chi connectivity index (χ2v) is 26.7. The summed E-state index contributed by atoms with van der Waals surface area (Å²) in [6.07, 6.45) is 78.7. The van der Waals surface area contributed by atoms with Crippen molar-refractivity contribution in [1.82, 2.24) is 5.32 Å². The molecular weight excluding hydrogens is 984 g/mol. The smallest absolute Gasteiger partial charge is 0.268 e. The van der Waals surface area contributed by atoms with Crippen molar-refractivity contribution in [1.29, 1.82) is 0 Å². The van der Waals surface area contributed by atoms with Gasteiger partial charge in [0.25, 0.3) is 7.82 Å². The van der Waals surface area contributed by atoms with Crippen molar-refractivity contribution in [2.24, 2.45) is 0 Å². The number of carbonyl (C=O) groups excluding carboxylic acids is 1. The Bertz CT molecular complexity index is 1320. The van der Waals surface area contributed by atoms with Gasteiger partial charge in [0.15, 0.2) is 0 Å². The molecule has 0 spiro atoms. The Hall–Kier alpha value is -1.02. The number of amides is 1. The highest BCUT2D eigenvalue weighted by Crippen LogP contribution is 2.38. The summed E-state index contributed by atoms with van der Waals surface area (Å²) in [7, 11) is 1.28. The fraction of sp³-hybridized carbons (Fsp3) is 0.928. The lowest BCUT2D eigenvalue weighted by Gasteiger charge is -2.29. The summed E-state index contributed by atoms with van der Waals surface area (Å²) in [5, 5.41) is 14.0.